The lowest BCUT2D eigenvalue weighted by Crippen LogP contribution is -2.08. The summed E-state index contributed by atoms with van der Waals surface area (Å²) in [7, 11) is 0. The number of halogens is 1. The van der Waals surface area contributed by atoms with Gasteiger partial charge in [0.1, 0.15) is 0 Å². The maximum absolute atomic E-state index is 3.65. The molecule has 0 aliphatic rings. The molecule has 0 aliphatic heterocycles. The van der Waals surface area contributed by atoms with Crippen LogP contribution in [0.5, 0.6) is 0 Å². The Kier molecular flexibility index (Phi) is 5.90. The van der Waals surface area contributed by atoms with Gasteiger partial charge in [0.05, 0.1) is 0 Å². The first-order valence-corrected chi connectivity index (χ1v) is 5.59. The molecule has 72 valence electrons. The van der Waals surface area contributed by atoms with E-state index in [1.807, 2.05) is 0 Å². The monoisotopic (exact) mass is 232 g/mol. The first kappa shape index (κ1) is 12.2. The largest absolute Gasteiger partial charge is 0.0859 e. The zero-order chi connectivity index (χ0) is 9.61. The van der Waals surface area contributed by atoms with E-state index in [-0.39, 0.29) is 0 Å². The normalized spacial score (nSPS) is 13.6. The zero-order valence-corrected chi connectivity index (χ0v) is 10.4. The van der Waals surface area contributed by atoms with E-state index in [9.17, 15) is 0 Å². The van der Waals surface area contributed by atoms with Crippen LogP contribution in [-0.2, 0) is 0 Å². The molecule has 0 bridgehead atoms. The summed E-state index contributed by atoms with van der Waals surface area (Å²) >= 11 is 3.65. The molecular formula is C11H21Br. The fourth-order valence-corrected chi connectivity index (χ4v) is 1.52. The van der Waals surface area contributed by atoms with Crippen molar-refractivity contribution in [2.24, 2.45) is 0 Å². The van der Waals surface area contributed by atoms with E-state index in [1.54, 1.807) is 0 Å². The van der Waals surface area contributed by atoms with Gasteiger partial charge in [0.15, 0.2) is 0 Å². The molecule has 0 saturated heterocycles. The third kappa shape index (κ3) is 8.32. The number of rotatable bonds is 5. The Hall–Kier alpha value is 0.220. The van der Waals surface area contributed by atoms with Crippen LogP contribution < -0.4 is 0 Å². The number of hydrogen-bond donors (Lipinski definition) is 0. The number of hydrogen-bond acceptors (Lipinski definition) is 0. The lowest BCUT2D eigenvalue weighted by molar-refractivity contribution is 0.610. The summed E-state index contributed by atoms with van der Waals surface area (Å²) in [6.45, 7) is 8.88. The summed E-state index contributed by atoms with van der Waals surface area (Å²) in [6, 6.07) is 0. The SMILES string of the molecule is CC/C=C(\C)CCCC(C)(C)Br. The van der Waals surface area contributed by atoms with Crippen LogP contribution in [0.4, 0.5) is 0 Å². The molecule has 0 heterocycles. The molecule has 0 rings (SSSR count). The predicted octanol–water partition coefficient (Wildman–Crippen LogP) is 4.69. The van der Waals surface area contributed by atoms with Gasteiger partial charge in [-0.25, -0.2) is 0 Å². The van der Waals surface area contributed by atoms with Crippen LogP contribution >= 0.6 is 15.9 Å². The molecule has 0 unspecified atom stereocenters. The van der Waals surface area contributed by atoms with Crippen molar-refractivity contribution in [2.45, 2.75) is 57.7 Å². The third-order valence-corrected chi connectivity index (χ3v) is 2.29. The molecule has 0 aliphatic carbocycles. The topological polar surface area (TPSA) is 0 Å². The number of allylic oxidation sites excluding steroid dienone is 2. The molecule has 0 saturated carbocycles. The first-order valence-electron chi connectivity index (χ1n) is 4.80. The van der Waals surface area contributed by atoms with E-state index in [2.05, 4.69) is 49.7 Å². The molecule has 0 radical (unpaired) electrons. The second kappa shape index (κ2) is 5.80. The maximum atomic E-state index is 3.65. The summed E-state index contributed by atoms with van der Waals surface area (Å²) in [5.41, 5.74) is 1.54. The van der Waals surface area contributed by atoms with Crippen molar-refractivity contribution in [3.63, 3.8) is 0 Å². The van der Waals surface area contributed by atoms with E-state index >= 15 is 0 Å². The van der Waals surface area contributed by atoms with Crippen molar-refractivity contribution in [2.75, 3.05) is 0 Å². The van der Waals surface area contributed by atoms with Crippen LogP contribution in [0.25, 0.3) is 0 Å². The molecule has 0 nitrogen and oxygen atoms in total. The Balaban J connectivity index is 3.50. The summed E-state index contributed by atoms with van der Waals surface area (Å²) in [6.07, 6.45) is 7.29. The second-order valence-electron chi connectivity index (χ2n) is 4.03. The average Bonchev–Trinajstić information content (AvgIpc) is 1.84. The smallest absolute Gasteiger partial charge is 0.0201 e. The van der Waals surface area contributed by atoms with Gasteiger partial charge in [-0.05, 0) is 32.6 Å². The molecule has 0 atom stereocenters. The summed E-state index contributed by atoms with van der Waals surface area (Å²) in [4.78, 5) is 0. The van der Waals surface area contributed by atoms with E-state index in [0.29, 0.717) is 4.32 Å². The molecule has 1 heteroatoms. The van der Waals surface area contributed by atoms with Gasteiger partial charge in [0.2, 0.25) is 0 Å². The van der Waals surface area contributed by atoms with Gasteiger partial charge < -0.3 is 0 Å². The Bertz CT molecular complexity index is 140. The highest BCUT2D eigenvalue weighted by Crippen LogP contribution is 2.24. The summed E-state index contributed by atoms with van der Waals surface area (Å²) in [5, 5.41) is 0. The minimum atomic E-state index is 0.319. The lowest BCUT2D eigenvalue weighted by atomic mass is 10.0. The van der Waals surface area contributed by atoms with E-state index in [0.717, 1.165) is 0 Å². The van der Waals surface area contributed by atoms with Crippen LogP contribution in [0.15, 0.2) is 11.6 Å². The minimum absolute atomic E-state index is 0.319. The fraction of sp³-hybridized carbons (Fsp3) is 0.818. The molecule has 0 aromatic rings. The molecule has 12 heavy (non-hydrogen) atoms. The standard InChI is InChI=1S/C11H21Br/c1-5-7-10(2)8-6-9-11(3,4)12/h7H,5-6,8-9H2,1-4H3/b10-7+. The quantitative estimate of drug-likeness (QED) is 0.477. The van der Waals surface area contributed by atoms with Gasteiger partial charge in [-0.3, -0.25) is 0 Å². The minimum Gasteiger partial charge on any atom is -0.0859 e. The Morgan fingerprint density at radius 1 is 1.42 bits per heavy atom. The van der Waals surface area contributed by atoms with Crippen molar-refractivity contribution in [3.05, 3.63) is 11.6 Å². The molecular weight excluding hydrogens is 212 g/mol. The van der Waals surface area contributed by atoms with Crippen molar-refractivity contribution in [3.8, 4) is 0 Å². The molecule has 0 fully saturated rings. The third-order valence-electron chi connectivity index (χ3n) is 1.89. The molecule has 0 amide bonds. The fourth-order valence-electron chi connectivity index (χ4n) is 1.24. The van der Waals surface area contributed by atoms with Crippen molar-refractivity contribution < 1.29 is 0 Å². The van der Waals surface area contributed by atoms with Crippen LogP contribution in [-0.4, -0.2) is 4.32 Å². The predicted molar refractivity (Wildman–Crippen MR) is 60.9 cm³/mol. The highest BCUT2D eigenvalue weighted by atomic mass is 79.9. The maximum Gasteiger partial charge on any atom is 0.0201 e. The van der Waals surface area contributed by atoms with Crippen LogP contribution in [0.1, 0.15) is 53.4 Å². The van der Waals surface area contributed by atoms with Crippen LogP contribution in [0.2, 0.25) is 0 Å². The van der Waals surface area contributed by atoms with Crippen LogP contribution in [0.3, 0.4) is 0 Å². The Labute approximate surface area is 85.6 Å². The van der Waals surface area contributed by atoms with Gasteiger partial charge in [0.25, 0.3) is 0 Å². The average molecular weight is 233 g/mol. The zero-order valence-electron chi connectivity index (χ0n) is 8.78. The highest BCUT2D eigenvalue weighted by Gasteiger charge is 2.10. The van der Waals surface area contributed by atoms with Gasteiger partial charge >= 0.3 is 0 Å². The molecule has 0 spiro atoms. The van der Waals surface area contributed by atoms with E-state index in [1.165, 1.54) is 31.3 Å². The van der Waals surface area contributed by atoms with Gasteiger partial charge in [-0.15, -0.1) is 0 Å². The van der Waals surface area contributed by atoms with E-state index in [4.69, 9.17) is 0 Å². The van der Waals surface area contributed by atoms with Crippen molar-refractivity contribution in [1.29, 1.82) is 0 Å². The second-order valence-corrected chi connectivity index (χ2v) is 6.18. The number of alkyl halides is 1. The van der Waals surface area contributed by atoms with Crippen molar-refractivity contribution in [1.82, 2.24) is 0 Å². The summed E-state index contributed by atoms with van der Waals surface area (Å²) < 4.78 is 0.319. The Morgan fingerprint density at radius 2 is 2.00 bits per heavy atom. The first-order chi connectivity index (χ1) is 5.45. The molecule has 0 aromatic carbocycles. The molecule has 0 N–H and O–H groups in total. The lowest BCUT2D eigenvalue weighted by Gasteiger charge is -2.15. The highest BCUT2D eigenvalue weighted by molar-refractivity contribution is 9.10. The Morgan fingerprint density at radius 3 is 2.42 bits per heavy atom. The van der Waals surface area contributed by atoms with E-state index < -0.39 is 0 Å². The van der Waals surface area contributed by atoms with Gasteiger partial charge in [-0.1, -0.05) is 48.4 Å². The van der Waals surface area contributed by atoms with Crippen molar-refractivity contribution >= 4 is 15.9 Å². The van der Waals surface area contributed by atoms with Crippen LogP contribution in [0, 0.1) is 0 Å². The molecule has 0 aromatic heterocycles. The summed E-state index contributed by atoms with van der Waals surface area (Å²) in [5.74, 6) is 0. The van der Waals surface area contributed by atoms with Gasteiger partial charge in [-0.2, -0.15) is 0 Å². The van der Waals surface area contributed by atoms with Gasteiger partial charge in [0, 0.05) is 4.32 Å².